The van der Waals surface area contributed by atoms with E-state index in [4.69, 9.17) is 0 Å². The fraction of sp³-hybridized carbons (Fsp3) is 0.840. The molecule has 0 radical (unpaired) electrons. The number of aliphatic hydroxyl groups is 2. The third-order valence-corrected chi connectivity index (χ3v) is 13.8. The molecule has 0 aromatic carbocycles. The average molecular weight is 721 g/mol. The maximum atomic E-state index is 10.4. The number of hydrogen-bond donors (Lipinski definition) is 2. The first kappa shape index (κ1) is 45.3. The SMILES string of the molecule is CCCCC/C=C\C/C=C\CCCCCCCCC1(CCCCCCCC/C=C\C/C=C\CCCCC)CCC2(CC1)C[C@H]1C[C@@H](O)[C@@H](O)C[C@@H]1C2. The number of fused-ring (bicyclic) bond motifs is 1. The molecule has 52 heavy (non-hydrogen) atoms. The molecule has 1 spiro atoms. The fourth-order valence-corrected chi connectivity index (χ4v) is 10.3. The van der Waals surface area contributed by atoms with Gasteiger partial charge < -0.3 is 10.2 Å². The zero-order chi connectivity index (χ0) is 37.0. The summed E-state index contributed by atoms with van der Waals surface area (Å²) in [5.41, 5.74) is 1.10. The van der Waals surface area contributed by atoms with E-state index in [9.17, 15) is 10.2 Å². The third-order valence-electron chi connectivity index (χ3n) is 13.8. The minimum Gasteiger partial charge on any atom is -0.390 e. The Kier molecular flexibility index (Phi) is 24.6. The Morgan fingerprint density at radius 2 is 0.769 bits per heavy atom. The van der Waals surface area contributed by atoms with Gasteiger partial charge in [-0.25, -0.2) is 0 Å². The van der Waals surface area contributed by atoms with Gasteiger partial charge in [-0.3, -0.25) is 0 Å². The van der Waals surface area contributed by atoms with Gasteiger partial charge in [-0.1, -0.05) is 152 Å². The Balaban J connectivity index is 1.30. The van der Waals surface area contributed by atoms with Crippen molar-refractivity contribution in [1.29, 1.82) is 0 Å². The normalized spacial score (nSPS) is 24.4. The molecule has 3 rings (SSSR count). The van der Waals surface area contributed by atoms with E-state index < -0.39 is 12.2 Å². The Morgan fingerprint density at radius 1 is 0.423 bits per heavy atom. The lowest BCUT2D eigenvalue weighted by molar-refractivity contribution is -0.0408. The van der Waals surface area contributed by atoms with Crippen LogP contribution < -0.4 is 0 Å². The van der Waals surface area contributed by atoms with Crippen LogP contribution in [0.5, 0.6) is 0 Å². The second-order valence-electron chi connectivity index (χ2n) is 18.2. The van der Waals surface area contributed by atoms with Crippen molar-refractivity contribution in [1.82, 2.24) is 0 Å². The van der Waals surface area contributed by atoms with Gasteiger partial charge in [0.2, 0.25) is 0 Å². The molecule has 0 saturated heterocycles. The third kappa shape index (κ3) is 19.0. The lowest BCUT2D eigenvalue weighted by atomic mass is 9.59. The lowest BCUT2D eigenvalue weighted by Gasteiger charge is -2.46. The van der Waals surface area contributed by atoms with Crippen LogP contribution in [-0.4, -0.2) is 22.4 Å². The number of aliphatic hydroxyl groups excluding tert-OH is 2. The van der Waals surface area contributed by atoms with Gasteiger partial charge in [0.15, 0.2) is 0 Å². The number of unbranched alkanes of at least 4 members (excludes halogenated alkanes) is 18. The highest BCUT2D eigenvalue weighted by Crippen LogP contribution is 2.61. The summed E-state index contributed by atoms with van der Waals surface area (Å²) >= 11 is 0. The Labute approximate surface area is 324 Å². The van der Waals surface area contributed by atoms with E-state index in [1.807, 2.05) is 0 Å². The minimum absolute atomic E-state index is 0.480. The predicted octanol–water partition coefficient (Wildman–Crippen LogP) is 15.5. The van der Waals surface area contributed by atoms with Crippen molar-refractivity contribution in [2.45, 2.75) is 244 Å². The molecule has 0 amide bonds. The first-order chi connectivity index (χ1) is 25.5. The first-order valence-electron chi connectivity index (χ1n) is 23.5. The highest BCUT2D eigenvalue weighted by atomic mass is 16.3. The quantitative estimate of drug-likeness (QED) is 0.0573. The van der Waals surface area contributed by atoms with Crippen molar-refractivity contribution in [2.75, 3.05) is 0 Å². The average Bonchev–Trinajstić information content (AvgIpc) is 3.48. The monoisotopic (exact) mass is 721 g/mol. The number of rotatable bonds is 30. The number of hydrogen-bond acceptors (Lipinski definition) is 2. The van der Waals surface area contributed by atoms with Crippen LogP contribution >= 0.6 is 0 Å². The van der Waals surface area contributed by atoms with Gasteiger partial charge in [-0.05, 0) is 151 Å². The molecule has 0 unspecified atom stereocenters. The van der Waals surface area contributed by atoms with Crippen molar-refractivity contribution >= 4 is 0 Å². The fourth-order valence-electron chi connectivity index (χ4n) is 10.3. The molecular formula is C50H88O2. The highest BCUT2D eigenvalue weighted by Gasteiger charge is 2.51. The van der Waals surface area contributed by atoms with Gasteiger partial charge in [-0.2, -0.15) is 0 Å². The van der Waals surface area contributed by atoms with Crippen LogP contribution in [-0.2, 0) is 0 Å². The molecule has 2 nitrogen and oxygen atoms in total. The Bertz CT molecular complexity index is 895. The van der Waals surface area contributed by atoms with E-state index in [0.717, 1.165) is 25.7 Å². The van der Waals surface area contributed by atoms with E-state index in [-0.39, 0.29) is 0 Å². The molecule has 0 bridgehead atoms. The second kappa shape index (κ2) is 28.3. The summed E-state index contributed by atoms with van der Waals surface area (Å²) in [5, 5.41) is 20.7. The topological polar surface area (TPSA) is 40.5 Å². The maximum absolute atomic E-state index is 10.4. The molecule has 3 aliphatic rings. The Morgan fingerprint density at radius 3 is 1.15 bits per heavy atom. The highest BCUT2D eigenvalue weighted by molar-refractivity contribution is 5.03. The summed E-state index contributed by atoms with van der Waals surface area (Å²) < 4.78 is 0. The lowest BCUT2D eigenvalue weighted by Crippen LogP contribution is -2.36. The molecular weight excluding hydrogens is 633 g/mol. The zero-order valence-electron chi connectivity index (χ0n) is 34.9. The molecule has 0 aromatic rings. The van der Waals surface area contributed by atoms with Crippen molar-refractivity contribution in [3.63, 3.8) is 0 Å². The van der Waals surface area contributed by atoms with Crippen LogP contribution in [0.2, 0.25) is 0 Å². The van der Waals surface area contributed by atoms with Crippen molar-refractivity contribution in [3.8, 4) is 0 Å². The van der Waals surface area contributed by atoms with Crippen molar-refractivity contribution < 1.29 is 10.2 Å². The van der Waals surface area contributed by atoms with Crippen LogP contribution in [0.3, 0.4) is 0 Å². The van der Waals surface area contributed by atoms with E-state index in [1.165, 1.54) is 193 Å². The maximum Gasteiger partial charge on any atom is 0.0802 e. The molecule has 3 aliphatic carbocycles. The van der Waals surface area contributed by atoms with Crippen LogP contribution in [0.4, 0.5) is 0 Å². The van der Waals surface area contributed by atoms with Crippen molar-refractivity contribution in [2.24, 2.45) is 22.7 Å². The van der Waals surface area contributed by atoms with Gasteiger partial charge in [0.05, 0.1) is 12.2 Å². The van der Waals surface area contributed by atoms with E-state index in [0.29, 0.717) is 22.7 Å². The molecule has 4 atom stereocenters. The molecule has 2 N–H and O–H groups in total. The van der Waals surface area contributed by atoms with Crippen LogP contribution in [0.15, 0.2) is 48.6 Å². The van der Waals surface area contributed by atoms with E-state index in [2.05, 4.69) is 62.5 Å². The van der Waals surface area contributed by atoms with Crippen LogP contribution in [0.25, 0.3) is 0 Å². The molecule has 0 aliphatic heterocycles. The molecule has 300 valence electrons. The molecule has 0 aromatic heterocycles. The van der Waals surface area contributed by atoms with Crippen LogP contribution in [0, 0.1) is 22.7 Å². The van der Waals surface area contributed by atoms with Crippen LogP contribution in [0.1, 0.15) is 232 Å². The molecule has 3 saturated carbocycles. The van der Waals surface area contributed by atoms with Gasteiger partial charge in [0, 0.05) is 0 Å². The summed E-state index contributed by atoms with van der Waals surface area (Å²) in [6.45, 7) is 4.55. The first-order valence-corrected chi connectivity index (χ1v) is 23.5. The largest absolute Gasteiger partial charge is 0.390 e. The van der Waals surface area contributed by atoms with Gasteiger partial charge in [-0.15, -0.1) is 0 Å². The predicted molar refractivity (Wildman–Crippen MR) is 229 cm³/mol. The second-order valence-corrected chi connectivity index (χ2v) is 18.2. The van der Waals surface area contributed by atoms with Crippen molar-refractivity contribution in [3.05, 3.63) is 48.6 Å². The summed E-state index contributed by atoms with van der Waals surface area (Å²) in [6, 6.07) is 0. The summed E-state index contributed by atoms with van der Waals surface area (Å²) in [7, 11) is 0. The zero-order valence-corrected chi connectivity index (χ0v) is 34.9. The standard InChI is InChI=1S/C50H88O2/c1-3-5-7-9-11-13-15-17-19-21-23-25-27-29-31-33-35-49(36-34-32-30-28-26-24-22-20-18-16-14-12-10-8-6-4-2)37-39-50(40-38-49)43-45-41-47(51)48(52)42-46(45)44-50/h11-14,17-20,45-48,51-52H,3-10,15-16,21-44H2,1-2H3/b13-11-,14-12-,19-17-,20-18-/t45-,46-,47-,48+/m1/s1. The van der Waals surface area contributed by atoms with Gasteiger partial charge in [0.1, 0.15) is 0 Å². The summed E-state index contributed by atoms with van der Waals surface area (Å²) in [6.07, 6.45) is 63.1. The molecule has 3 fully saturated rings. The van der Waals surface area contributed by atoms with E-state index >= 15 is 0 Å². The smallest absolute Gasteiger partial charge is 0.0802 e. The summed E-state index contributed by atoms with van der Waals surface area (Å²) in [4.78, 5) is 0. The summed E-state index contributed by atoms with van der Waals surface area (Å²) in [5.74, 6) is 1.32. The van der Waals surface area contributed by atoms with Gasteiger partial charge >= 0.3 is 0 Å². The van der Waals surface area contributed by atoms with Gasteiger partial charge in [0.25, 0.3) is 0 Å². The molecule has 0 heterocycles. The minimum atomic E-state index is -0.480. The molecule has 2 heteroatoms. The Hall–Kier alpha value is -1.12. The number of allylic oxidation sites excluding steroid dienone is 8. The van der Waals surface area contributed by atoms with E-state index in [1.54, 1.807) is 0 Å².